The molecule has 30 heavy (non-hydrogen) atoms. The van der Waals surface area contributed by atoms with Gasteiger partial charge in [-0.3, -0.25) is 4.98 Å². The maximum Gasteiger partial charge on any atom is 0.0837 e. The third-order valence-corrected chi connectivity index (χ3v) is 4.50. The van der Waals surface area contributed by atoms with Crippen molar-refractivity contribution in [1.29, 1.82) is 0 Å². The number of aromatic nitrogens is 1. The monoisotopic (exact) mass is 566 g/mol. The topological polar surface area (TPSA) is 51.7 Å². The van der Waals surface area contributed by atoms with Crippen molar-refractivity contribution in [3.05, 3.63) is 120 Å². The summed E-state index contributed by atoms with van der Waals surface area (Å²) in [5.41, 5.74) is 4.54. The molecule has 3 aromatic carbocycles. The van der Waals surface area contributed by atoms with Gasteiger partial charge in [-0.25, -0.2) is 11.1 Å². The van der Waals surface area contributed by atoms with E-state index in [2.05, 4.69) is 27.4 Å². The Morgan fingerprint density at radius 3 is 2.17 bits per heavy atom. The van der Waals surface area contributed by atoms with Crippen molar-refractivity contribution in [3.63, 3.8) is 0 Å². The van der Waals surface area contributed by atoms with E-state index < -0.39 is 0 Å². The molecule has 4 nitrogen and oxygen atoms in total. The molecular formula is C25H15N4Pt-3. The molecule has 1 aromatic heterocycles. The van der Waals surface area contributed by atoms with Crippen LogP contribution in [0, 0.1) is 12.1 Å². The first-order chi connectivity index (χ1) is 14.4. The number of pyridine rings is 1. The average Bonchev–Trinajstić information content (AvgIpc) is 3.12. The van der Waals surface area contributed by atoms with Crippen LogP contribution in [0.1, 0.15) is 11.1 Å². The van der Waals surface area contributed by atoms with Crippen LogP contribution >= 0.6 is 0 Å². The zero-order valence-corrected chi connectivity index (χ0v) is 18.0. The summed E-state index contributed by atoms with van der Waals surface area (Å²) < 4.78 is 0. The van der Waals surface area contributed by atoms with Crippen LogP contribution in [0.3, 0.4) is 0 Å². The minimum atomic E-state index is 0. The van der Waals surface area contributed by atoms with Crippen molar-refractivity contribution in [2.45, 2.75) is 0 Å². The molecule has 0 fully saturated rings. The Hall–Kier alpha value is -3.36. The Kier molecular flexibility index (Phi) is 5.96. The third kappa shape index (κ3) is 4.14. The quantitative estimate of drug-likeness (QED) is 0.286. The Labute approximate surface area is 189 Å². The molecule has 1 aliphatic heterocycles. The Morgan fingerprint density at radius 2 is 1.43 bits per heavy atom. The minimum Gasteiger partial charge on any atom is -0.382 e. The number of rotatable bonds is 3. The van der Waals surface area contributed by atoms with E-state index in [0.717, 1.165) is 22.3 Å². The fourth-order valence-corrected chi connectivity index (χ4v) is 3.15. The molecule has 0 amide bonds. The molecule has 0 aliphatic carbocycles. The molecular weight excluding hydrogens is 551 g/mol. The number of nitrogens with zero attached hydrogens (tertiary/aromatic N) is 4. The van der Waals surface area contributed by atoms with Gasteiger partial charge in [0.2, 0.25) is 0 Å². The number of hydrogen-bond acceptors (Lipinski definition) is 3. The van der Waals surface area contributed by atoms with E-state index in [9.17, 15) is 0 Å². The second kappa shape index (κ2) is 8.98. The minimum absolute atomic E-state index is 0. The first-order valence-corrected chi connectivity index (χ1v) is 9.26. The SMILES string of the molecule is [Pt].[c-]1ccccc1-c1[c-]c(N=C2[N-]/C(=N\c3ccccn3)c3ccccc32)ccc1. The first-order valence-electron chi connectivity index (χ1n) is 9.26. The van der Waals surface area contributed by atoms with E-state index in [1.165, 1.54) is 0 Å². The third-order valence-electron chi connectivity index (χ3n) is 4.50. The van der Waals surface area contributed by atoms with Gasteiger partial charge in [-0.2, -0.15) is 42.5 Å². The molecule has 0 radical (unpaired) electrons. The molecule has 0 atom stereocenters. The van der Waals surface area contributed by atoms with E-state index in [0.29, 0.717) is 23.2 Å². The molecule has 4 aromatic rings. The smallest absolute Gasteiger partial charge is 0.0837 e. The molecule has 148 valence electrons. The normalized spacial score (nSPS) is 14.8. The Morgan fingerprint density at radius 1 is 0.700 bits per heavy atom. The van der Waals surface area contributed by atoms with Gasteiger partial charge in [0, 0.05) is 38.9 Å². The predicted octanol–water partition coefficient (Wildman–Crippen LogP) is 5.89. The van der Waals surface area contributed by atoms with Crippen LogP contribution in [0.2, 0.25) is 0 Å². The molecule has 0 spiro atoms. The van der Waals surface area contributed by atoms with Gasteiger partial charge in [0.1, 0.15) is 0 Å². The molecule has 0 unspecified atom stereocenters. The summed E-state index contributed by atoms with van der Waals surface area (Å²) in [6, 6.07) is 33.9. The zero-order valence-electron chi connectivity index (χ0n) is 15.8. The largest absolute Gasteiger partial charge is 0.382 e. The van der Waals surface area contributed by atoms with Gasteiger partial charge in [0.15, 0.2) is 0 Å². The summed E-state index contributed by atoms with van der Waals surface area (Å²) in [5.74, 6) is 1.86. The maximum atomic E-state index is 4.76. The van der Waals surface area contributed by atoms with E-state index in [1.54, 1.807) is 6.20 Å². The molecule has 1 aliphatic rings. The molecule has 5 heteroatoms. The van der Waals surface area contributed by atoms with Crippen LogP contribution in [0.5, 0.6) is 0 Å². The number of benzene rings is 3. The fourth-order valence-electron chi connectivity index (χ4n) is 3.15. The van der Waals surface area contributed by atoms with Crippen LogP contribution in [0.25, 0.3) is 16.4 Å². The van der Waals surface area contributed by atoms with Crippen LogP contribution in [0.4, 0.5) is 11.5 Å². The first kappa shape index (κ1) is 19.9. The van der Waals surface area contributed by atoms with Gasteiger partial charge >= 0.3 is 0 Å². The Balaban J connectivity index is 0.00000218. The van der Waals surface area contributed by atoms with E-state index in [-0.39, 0.29) is 21.1 Å². The van der Waals surface area contributed by atoms with Crippen LogP contribution in [-0.4, -0.2) is 16.7 Å². The molecule has 0 saturated heterocycles. The van der Waals surface area contributed by atoms with Crippen LogP contribution in [-0.2, 0) is 21.1 Å². The summed E-state index contributed by atoms with van der Waals surface area (Å²) in [6.45, 7) is 0. The molecule has 2 heterocycles. The summed E-state index contributed by atoms with van der Waals surface area (Å²) in [4.78, 5) is 13.6. The molecule has 5 rings (SSSR count). The van der Waals surface area contributed by atoms with Crippen molar-refractivity contribution < 1.29 is 21.1 Å². The van der Waals surface area contributed by atoms with E-state index >= 15 is 0 Å². The number of amidine groups is 2. The second-order valence-electron chi connectivity index (χ2n) is 6.44. The van der Waals surface area contributed by atoms with Gasteiger partial charge in [-0.15, -0.1) is 17.8 Å². The average molecular weight is 567 g/mol. The molecule has 0 N–H and O–H groups in total. The predicted molar refractivity (Wildman–Crippen MR) is 116 cm³/mol. The fraction of sp³-hybridized carbons (Fsp3) is 0. The van der Waals surface area contributed by atoms with Gasteiger partial charge < -0.3 is 15.3 Å². The number of aliphatic imine (C=N–C) groups is 2. The van der Waals surface area contributed by atoms with Crippen molar-refractivity contribution >= 4 is 23.2 Å². The van der Waals surface area contributed by atoms with Gasteiger partial charge in [0.05, 0.1) is 5.82 Å². The molecule has 0 saturated carbocycles. The van der Waals surface area contributed by atoms with Crippen molar-refractivity contribution in [3.8, 4) is 11.1 Å². The van der Waals surface area contributed by atoms with Gasteiger partial charge in [-0.05, 0) is 23.3 Å². The molecule has 0 bridgehead atoms. The summed E-state index contributed by atoms with van der Waals surface area (Å²) in [5, 5.41) is 4.68. The standard InChI is InChI=1S/C25H15N4.Pt/c1-2-9-18(10-3-1)19-11-8-12-20(17-19)27-24-21-13-4-5-14-22(21)25(29-24)28-23-15-6-7-16-26-23;/h1-9,11-16H;/q-3;. The van der Waals surface area contributed by atoms with Crippen LogP contribution < -0.4 is 0 Å². The summed E-state index contributed by atoms with van der Waals surface area (Å²) >= 11 is 0. The van der Waals surface area contributed by atoms with Crippen molar-refractivity contribution in [2.75, 3.05) is 0 Å². The van der Waals surface area contributed by atoms with E-state index in [4.69, 9.17) is 4.99 Å². The van der Waals surface area contributed by atoms with Gasteiger partial charge in [-0.1, -0.05) is 30.3 Å². The zero-order chi connectivity index (χ0) is 19.5. The Bertz CT molecular complexity index is 1220. The summed E-state index contributed by atoms with van der Waals surface area (Å²) in [7, 11) is 0. The maximum absolute atomic E-state index is 4.76. The van der Waals surface area contributed by atoms with Crippen molar-refractivity contribution in [2.24, 2.45) is 9.98 Å². The van der Waals surface area contributed by atoms with Crippen LogP contribution in [0.15, 0.2) is 101 Å². The van der Waals surface area contributed by atoms with Gasteiger partial charge in [0.25, 0.3) is 0 Å². The number of fused-ring (bicyclic) bond motifs is 1. The summed E-state index contributed by atoms with van der Waals surface area (Å²) in [6.07, 6.45) is 1.72. The van der Waals surface area contributed by atoms with E-state index in [1.807, 2.05) is 84.9 Å². The number of hydrogen-bond donors (Lipinski definition) is 0. The second-order valence-corrected chi connectivity index (χ2v) is 6.44. The van der Waals surface area contributed by atoms with Crippen molar-refractivity contribution in [1.82, 2.24) is 4.98 Å².